The van der Waals surface area contributed by atoms with Crippen LogP contribution < -0.4 is 10.6 Å². The third kappa shape index (κ3) is 6.45. The Hall–Kier alpha value is -1.97. The predicted molar refractivity (Wildman–Crippen MR) is 107 cm³/mol. The highest BCUT2D eigenvalue weighted by molar-refractivity contribution is 14.0. The second-order valence-corrected chi connectivity index (χ2v) is 5.22. The molecule has 0 saturated heterocycles. The summed E-state index contributed by atoms with van der Waals surface area (Å²) in [5, 5.41) is 6.45. The third-order valence-electron chi connectivity index (χ3n) is 3.44. The highest BCUT2D eigenvalue weighted by atomic mass is 127. The van der Waals surface area contributed by atoms with Gasteiger partial charge < -0.3 is 24.4 Å². The van der Waals surface area contributed by atoms with E-state index in [9.17, 15) is 4.79 Å². The fourth-order valence-corrected chi connectivity index (χ4v) is 2.26. The summed E-state index contributed by atoms with van der Waals surface area (Å²) in [6.07, 6.45) is 4.04. The number of carbonyl (C=O) groups is 1. The van der Waals surface area contributed by atoms with Gasteiger partial charge in [-0.15, -0.1) is 24.0 Å². The van der Waals surface area contributed by atoms with E-state index in [2.05, 4.69) is 20.2 Å². The first-order valence-corrected chi connectivity index (χ1v) is 7.94. The fourth-order valence-electron chi connectivity index (χ4n) is 2.26. The van der Waals surface area contributed by atoms with Gasteiger partial charge in [-0.2, -0.15) is 0 Å². The van der Waals surface area contributed by atoms with Crippen LogP contribution in [0, 0.1) is 6.92 Å². The van der Waals surface area contributed by atoms with Crippen molar-refractivity contribution in [2.24, 2.45) is 4.99 Å². The standard InChI is InChI=1S/C17H24N4O3.HI/c1-4-18-17(19-7-10-21-8-5-6-9-21)20-12-14-11-15(13(2)24-14)16(22)23-3;/h5-6,8-9,11H,4,7,10,12H2,1-3H3,(H2,18,19,20);1H. The zero-order chi connectivity index (χ0) is 17.4. The lowest BCUT2D eigenvalue weighted by Gasteiger charge is -2.11. The van der Waals surface area contributed by atoms with Crippen LogP contribution in [0.1, 0.15) is 28.8 Å². The van der Waals surface area contributed by atoms with Gasteiger partial charge in [0.05, 0.1) is 7.11 Å². The SMILES string of the molecule is CCNC(=NCc1cc(C(=O)OC)c(C)o1)NCCn1cccc1.I. The van der Waals surface area contributed by atoms with Crippen LogP contribution in [0.25, 0.3) is 0 Å². The lowest BCUT2D eigenvalue weighted by molar-refractivity contribution is 0.0599. The Balaban J connectivity index is 0.00000312. The average molecular weight is 460 g/mol. The molecule has 0 saturated carbocycles. The van der Waals surface area contributed by atoms with Gasteiger partial charge in [-0.1, -0.05) is 0 Å². The van der Waals surface area contributed by atoms with E-state index < -0.39 is 5.97 Å². The molecule has 2 aromatic rings. The first kappa shape index (κ1) is 21.1. The van der Waals surface area contributed by atoms with Crippen LogP contribution >= 0.6 is 24.0 Å². The summed E-state index contributed by atoms with van der Waals surface area (Å²) in [7, 11) is 1.35. The summed E-state index contributed by atoms with van der Waals surface area (Å²) in [5.74, 6) is 1.47. The van der Waals surface area contributed by atoms with E-state index >= 15 is 0 Å². The number of nitrogens with zero attached hydrogens (tertiary/aromatic N) is 2. The normalized spacial score (nSPS) is 10.9. The molecule has 7 nitrogen and oxygen atoms in total. The maximum Gasteiger partial charge on any atom is 0.341 e. The molecule has 0 radical (unpaired) electrons. The molecular formula is C17H25IN4O3. The first-order valence-electron chi connectivity index (χ1n) is 7.94. The molecule has 0 aliphatic carbocycles. The number of nitrogens with one attached hydrogen (secondary N) is 2. The fraction of sp³-hybridized carbons (Fsp3) is 0.412. The molecule has 0 fully saturated rings. The number of methoxy groups -OCH3 is 1. The molecule has 2 heterocycles. The van der Waals surface area contributed by atoms with Crippen LogP contribution in [0.15, 0.2) is 40.0 Å². The Morgan fingerprint density at radius 1 is 1.32 bits per heavy atom. The second-order valence-electron chi connectivity index (χ2n) is 5.22. The monoisotopic (exact) mass is 460 g/mol. The van der Waals surface area contributed by atoms with Gasteiger partial charge in [0.2, 0.25) is 0 Å². The minimum atomic E-state index is -0.400. The molecule has 2 rings (SSSR count). The molecule has 0 unspecified atom stereocenters. The Morgan fingerprint density at radius 3 is 2.68 bits per heavy atom. The molecule has 0 aliphatic heterocycles. The largest absolute Gasteiger partial charge is 0.465 e. The number of rotatable bonds is 7. The molecular weight excluding hydrogens is 435 g/mol. The van der Waals surface area contributed by atoms with E-state index in [0.29, 0.717) is 29.6 Å². The molecule has 2 N–H and O–H groups in total. The number of aromatic nitrogens is 1. The summed E-state index contributed by atoms with van der Waals surface area (Å²) in [5.41, 5.74) is 0.438. The number of esters is 1. The quantitative estimate of drug-likeness (QED) is 0.287. The summed E-state index contributed by atoms with van der Waals surface area (Å²) in [4.78, 5) is 16.1. The number of hydrogen-bond donors (Lipinski definition) is 2. The van der Waals surface area contributed by atoms with E-state index in [1.165, 1.54) is 7.11 Å². The van der Waals surface area contributed by atoms with Crippen molar-refractivity contribution in [3.05, 3.63) is 47.7 Å². The lowest BCUT2D eigenvalue weighted by atomic mass is 10.2. The Morgan fingerprint density at radius 2 is 2.04 bits per heavy atom. The van der Waals surface area contributed by atoms with Gasteiger partial charge in [-0.05, 0) is 32.0 Å². The van der Waals surface area contributed by atoms with Crippen LogP contribution in [0.3, 0.4) is 0 Å². The molecule has 138 valence electrons. The third-order valence-corrected chi connectivity index (χ3v) is 3.44. The number of furan rings is 1. The molecule has 0 bridgehead atoms. The molecule has 0 atom stereocenters. The molecule has 0 aromatic carbocycles. The van der Waals surface area contributed by atoms with Crippen LogP contribution in [-0.4, -0.2) is 36.7 Å². The summed E-state index contributed by atoms with van der Waals surface area (Å²) < 4.78 is 12.4. The number of halogens is 1. The van der Waals surface area contributed by atoms with Crippen molar-refractivity contribution >= 4 is 35.9 Å². The van der Waals surface area contributed by atoms with E-state index in [-0.39, 0.29) is 24.0 Å². The molecule has 0 amide bonds. The number of guanidine groups is 1. The lowest BCUT2D eigenvalue weighted by Crippen LogP contribution is -2.38. The Kier molecular flexibility index (Phi) is 9.11. The van der Waals surface area contributed by atoms with E-state index in [1.807, 2.05) is 31.5 Å². The van der Waals surface area contributed by atoms with Crippen molar-refractivity contribution in [1.82, 2.24) is 15.2 Å². The van der Waals surface area contributed by atoms with Crippen molar-refractivity contribution in [3.63, 3.8) is 0 Å². The predicted octanol–water partition coefficient (Wildman–Crippen LogP) is 2.55. The minimum absolute atomic E-state index is 0. The summed E-state index contributed by atoms with van der Waals surface area (Å²) in [6.45, 7) is 6.46. The highest BCUT2D eigenvalue weighted by Gasteiger charge is 2.15. The van der Waals surface area contributed by atoms with Crippen LogP contribution in [-0.2, 0) is 17.8 Å². The number of ether oxygens (including phenoxy) is 1. The van der Waals surface area contributed by atoms with E-state index in [0.717, 1.165) is 19.6 Å². The molecule has 25 heavy (non-hydrogen) atoms. The van der Waals surface area contributed by atoms with Gasteiger partial charge in [0.15, 0.2) is 5.96 Å². The average Bonchev–Trinajstić information content (AvgIpc) is 3.21. The maximum absolute atomic E-state index is 11.6. The topological polar surface area (TPSA) is 80.8 Å². The van der Waals surface area contributed by atoms with E-state index in [1.54, 1.807) is 13.0 Å². The molecule has 2 aromatic heterocycles. The van der Waals surface area contributed by atoms with Crippen LogP contribution in [0.2, 0.25) is 0 Å². The van der Waals surface area contributed by atoms with Crippen molar-refractivity contribution in [3.8, 4) is 0 Å². The molecule has 8 heteroatoms. The van der Waals surface area contributed by atoms with Crippen molar-refractivity contribution < 1.29 is 13.9 Å². The van der Waals surface area contributed by atoms with Crippen LogP contribution in [0.5, 0.6) is 0 Å². The Labute approximate surface area is 164 Å². The zero-order valence-electron chi connectivity index (χ0n) is 14.7. The Bertz CT molecular complexity index is 680. The van der Waals surface area contributed by atoms with Gasteiger partial charge in [0.25, 0.3) is 0 Å². The van der Waals surface area contributed by atoms with Crippen LogP contribution in [0.4, 0.5) is 0 Å². The molecule has 0 spiro atoms. The van der Waals surface area contributed by atoms with Crippen molar-refractivity contribution in [1.29, 1.82) is 0 Å². The summed E-state index contributed by atoms with van der Waals surface area (Å²) >= 11 is 0. The molecule has 0 aliphatic rings. The highest BCUT2D eigenvalue weighted by Crippen LogP contribution is 2.16. The number of aryl methyl sites for hydroxylation is 1. The second kappa shape index (κ2) is 10.8. The first-order chi connectivity index (χ1) is 11.6. The van der Waals surface area contributed by atoms with Gasteiger partial charge in [0.1, 0.15) is 23.6 Å². The number of aliphatic imine (C=N–C) groups is 1. The van der Waals surface area contributed by atoms with Gasteiger partial charge in [-0.3, -0.25) is 0 Å². The smallest absolute Gasteiger partial charge is 0.341 e. The zero-order valence-corrected chi connectivity index (χ0v) is 17.1. The van der Waals surface area contributed by atoms with Gasteiger partial charge in [-0.25, -0.2) is 9.79 Å². The summed E-state index contributed by atoms with van der Waals surface area (Å²) in [6, 6.07) is 5.67. The van der Waals surface area contributed by atoms with Gasteiger partial charge >= 0.3 is 5.97 Å². The van der Waals surface area contributed by atoms with Crippen molar-refractivity contribution in [2.75, 3.05) is 20.2 Å². The van der Waals surface area contributed by atoms with E-state index in [4.69, 9.17) is 9.15 Å². The number of hydrogen-bond acceptors (Lipinski definition) is 4. The van der Waals surface area contributed by atoms with Crippen molar-refractivity contribution in [2.45, 2.75) is 26.9 Å². The maximum atomic E-state index is 11.6. The number of carbonyl (C=O) groups excluding carboxylic acids is 1. The minimum Gasteiger partial charge on any atom is -0.465 e. The van der Waals surface area contributed by atoms with Gasteiger partial charge in [0, 0.05) is 32.0 Å².